The standard InChI is InChI=1S/C14H22O4.C12H18O4.C2H4/c1-5-9-14(10-6-2,12(15)17-8-4)13(16)18-11-7-3;1-3-9-16-11(14)12(7-5-6-8-12)10(13)15-4-2;1-2/h5-6H,1-2,7-11H2,3-4H3;5-6H,3-4,7-9H2,1-2H3;1-2H2. The van der Waals surface area contributed by atoms with Crippen molar-refractivity contribution in [2.24, 2.45) is 10.8 Å². The van der Waals surface area contributed by atoms with Crippen molar-refractivity contribution in [2.45, 2.75) is 66.2 Å². The molecule has 0 aromatic heterocycles. The van der Waals surface area contributed by atoms with Crippen LogP contribution < -0.4 is 0 Å². The van der Waals surface area contributed by atoms with Gasteiger partial charge in [0, 0.05) is 0 Å². The summed E-state index contributed by atoms with van der Waals surface area (Å²) in [5, 5.41) is 0. The summed E-state index contributed by atoms with van der Waals surface area (Å²) in [6, 6.07) is 0. The third-order valence-corrected chi connectivity index (χ3v) is 5.07. The zero-order valence-corrected chi connectivity index (χ0v) is 22.5. The molecule has 0 amide bonds. The number of hydrogen-bond acceptors (Lipinski definition) is 8. The molecule has 0 radical (unpaired) electrons. The van der Waals surface area contributed by atoms with E-state index in [0.29, 0.717) is 25.9 Å². The van der Waals surface area contributed by atoms with Crippen LogP contribution in [0.1, 0.15) is 66.2 Å². The van der Waals surface area contributed by atoms with Crippen molar-refractivity contribution in [3.05, 3.63) is 50.6 Å². The van der Waals surface area contributed by atoms with Crippen LogP contribution in [-0.4, -0.2) is 50.3 Å². The first kappa shape index (κ1) is 35.0. The van der Waals surface area contributed by atoms with Gasteiger partial charge in [-0.2, -0.15) is 0 Å². The van der Waals surface area contributed by atoms with Crippen LogP contribution in [0.5, 0.6) is 0 Å². The molecule has 0 heterocycles. The van der Waals surface area contributed by atoms with Gasteiger partial charge in [-0.1, -0.05) is 38.2 Å². The van der Waals surface area contributed by atoms with Gasteiger partial charge in [-0.3, -0.25) is 19.2 Å². The molecule has 1 rings (SSSR count). The first-order valence-electron chi connectivity index (χ1n) is 12.3. The Hall–Kier alpha value is -3.16. The lowest BCUT2D eigenvalue weighted by molar-refractivity contribution is -0.173. The Morgan fingerprint density at radius 2 is 1.17 bits per heavy atom. The smallest absolute Gasteiger partial charge is 0.324 e. The largest absolute Gasteiger partial charge is 0.465 e. The minimum Gasteiger partial charge on any atom is -0.465 e. The van der Waals surface area contributed by atoms with Gasteiger partial charge in [0.25, 0.3) is 0 Å². The van der Waals surface area contributed by atoms with E-state index in [1.807, 2.05) is 26.0 Å². The number of hydrogen-bond donors (Lipinski definition) is 0. The molecule has 36 heavy (non-hydrogen) atoms. The molecule has 8 nitrogen and oxygen atoms in total. The Kier molecular flexibility index (Phi) is 19.5. The van der Waals surface area contributed by atoms with Crippen molar-refractivity contribution in [3.8, 4) is 0 Å². The second-order valence-electron chi connectivity index (χ2n) is 7.74. The molecule has 204 valence electrons. The number of ether oxygens (including phenoxy) is 4. The van der Waals surface area contributed by atoms with E-state index in [0.717, 1.165) is 6.42 Å². The van der Waals surface area contributed by atoms with E-state index < -0.39 is 34.7 Å². The Labute approximate surface area is 216 Å². The summed E-state index contributed by atoms with van der Waals surface area (Å²) in [6.07, 6.45) is 9.27. The molecule has 1 aliphatic rings. The highest BCUT2D eigenvalue weighted by atomic mass is 16.6. The van der Waals surface area contributed by atoms with Crippen molar-refractivity contribution in [1.29, 1.82) is 0 Å². The maximum absolute atomic E-state index is 12.1. The SMILES string of the molecule is C=C.C=CCC(CC=C)(C(=O)OCC)C(=O)OCCC.CCCOC(=O)C1(C(=O)OCC)CC=CC1. The van der Waals surface area contributed by atoms with Crippen LogP contribution in [0, 0.1) is 10.8 Å². The molecular formula is C28H44O8. The molecule has 0 spiro atoms. The Morgan fingerprint density at radius 3 is 1.58 bits per heavy atom. The molecule has 0 aromatic carbocycles. The highest BCUT2D eigenvalue weighted by Gasteiger charge is 2.49. The van der Waals surface area contributed by atoms with Gasteiger partial charge in [-0.05, 0) is 52.4 Å². The monoisotopic (exact) mass is 508 g/mol. The summed E-state index contributed by atoms with van der Waals surface area (Å²) in [6.45, 7) is 21.5. The second kappa shape index (κ2) is 20.1. The zero-order chi connectivity index (χ0) is 28.0. The van der Waals surface area contributed by atoms with E-state index >= 15 is 0 Å². The van der Waals surface area contributed by atoms with E-state index in [4.69, 9.17) is 18.9 Å². The average molecular weight is 509 g/mol. The summed E-state index contributed by atoms with van der Waals surface area (Å²) in [4.78, 5) is 47.8. The Bertz CT molecular complexity index is 720. The topological polar surface area (TPSA) is 105 Å². The van der Waals surface area contributed by atoms with Crippen LogP contribution in [0.25, 0.3) is 0 Å². The van der Waals surface area contributed by atoms with Crippen molar-refractivity contribution in [3.63, 3.8) is 0 Å². The van der Waals surface area contributed by atoms with Gasteiger partial charge in [0.05, 0.1) is 26.4 Å². The fourth-order valence-corrected chi connectivity index (χ4v) is 3.27. The van der Waals surface area contributed by atoms with Crippen LogP contribution in [0.15, 0.2) is 50.6 Å². The highest BCUT2D eigenvalue weighted by Crippen LogP contribution is 2.36. The predicted octanol–water partition coefficient (Wildman–Crippen LogP) is 5.28. The van der Waals surface area contributed by atoms with Gasteiger partial charge in [-0.25, -0.2) is 0 Å². The van der Waals surface area contributed by atoms with E-state index in [9.17, 15) is 19.2 Å². The van der Waals surface area contributed by atoms with Crippen molar-refractivity contribution < 1.29 is 38.1 Å². The fraction of sp³-hybridized carbons (Fsp3) is 0.571. The molecule has 0 fully saturated rings. The highest BCUT2D eigenvalue weighted by molar-refractivity contribution is 6.01. The number of carbonyl (C=O) groups excluding carboxylic acids is 4. The maximum Gasteiger partial charge on any atom is 0.324 e. The van der Waals surface area contributed by atoms with Gasteiger partial charge in [0.1, 0.15) is 0 Å². The first-order valence-corrected chi connectivity index (χ1v) is 12.3. The molecule has 1 aliphatic carbocycles. The molecule has 0 atom stereocenters. The molecule has 8 heteroatoms. The van der Waals surface area contributed by atoms with Gasteiger partial charge in [0.2, 0.25) is 0 Å². The summed E-state index contributed by atoms with van der Waals surface area (Å²) < 4.78 is 20.1. The lowest BCUT2D eigenvalue weighted by atomic mass is 9.81. The van der Waals surface area contributed by atoms with Crippen molar-refractivity contribution in [2.75, 3.05) is 26.4 Å². The van der Waals surface area contributed by atoms with E-state index in [1.165, 1.54) is 12.2 Å². The molecule has 0 bridgehead atoms. The Morgan fingerprint density at radius 1 is 0.750 bits per heavy atom. The molecular weight excluding hydrogens is 464 g/mol. The van der Waals surface area contributed by atoms with E-state index in [-0.39, 0.29) is 32.7 Å². The van der Waals surface area contributed by atoms with Gasteiger partial charge in [-0.15, -0.1) is 26.3 Å². The van der Waals surface area contributed by atoms with E-state index in [2.05, 4.69) is 26.3 Å². The molecule has 0 aliphatic heterocycles. The van der Waals surface area contributed by atoms with Crippen molar-refractivity contribution in [1.82, 2.24) is 0 Å². The predicted molar refractivity (Wildman–Crippen MR) is 140 cm³/mol. The lowest BCUT2D eigenvalue weighted by Crippen LogP contribution is -2.41. The van der Waals surface area contributed by atoms with Crippen molar-refractivity contribution >= 4 is 23.9 Å². The third-order valence-electron chi connectivity index (χ3n) is 5.07. The molecule has 0 N–H and O–H groups in total. The normalized spacial score (nSPS) is 13.0. The average Bonchev–Trinajstić information content (AvgIpc) is 3.39. The molecule has 0 saturated carbocycles. The number of esters is 4. The van der Waals surface area contributed by atoms with Crippen LogP contribution in [0.4, 0.5) is 0 Å². The second-order valence-corrected chi connectivity index (χ2v) is 7.74. The van der Waals surface area contributed by atoms with Gasteiger partial charge >= 0.3 is 23.9 Å². The molecule has 0 aromatic rings. The quantitative estimate of drug-likeness (QED) is 0.135. The first-order chi connectivity index (χ1) is 17.3. The van der Waals surface area contributed by atoms with Gasteiger partial charge in [0.15, 0.2) is 10.8 Å². The summed E-state index contributed by atoms with van der Waals surface area (Å²) >= 11 is 0. The minimum atomic E-state index is -1.34. The van der Waals surface area contributed by atoms with Crippen LogP contribution in [-0.2, 0) is 38.1 Å². The fourth-order valence-electron chi connectivity index (χ4n) is 3.27. The minimum absolute atomic E-state index is 0.181. The molecule has 0 unspecified atom stereocenters. The number of rotatable bonds is 14. The lowest BCUT2D eigenvalue weighted by Gasteiger charge is -2.26. The Balaban J connectivity index is 0. The number of allylic oxidation sites excluding steroid dienone is 4. The number of carbonyl (C=O) groups is 4. The van der Waals surface area contributed by atoms with Crippen LogP contribution in [0.2, 0.25) is 0 Å². The van der Waals surface area contributed by atoms with Gasteiger partial charge < -0.3 is 18.9 Å². The van der Waals surface area contributed by atoms with E-state index in [1.54, 1.807) is 13.8 Å². The summed E-state index contributed by atoms with van der Waals surface area (Å²) in [5.74, 6) is -2.08. The maximum atomic E-state index is 12.1. The van der Waals surface area contributed by atoms with Crippen LogP contribution in [0.3, 0.4) is 0 Å². The zero-order valence-electron chi connectivity index (χ0n) is 22.5. The van der Waals surface area contributed by atoms with Crippen LogP contribution >= 0.6 is 0 Å². The summed E-state index contributed by atoms with van der Waals surface area (Å²) in [5.41, 5.74) is -2.46. The summed E-state index contributed by atoms with van der Waals surface area (Å²) in [7, 11) is 0. The third kappa shape index (κ3) is 10.2. The molecule has 0 saturated heterocycles.